The van der Waals surface area contributed by atoms with Gasteiger partial charge >= 0.3 is 0 Å². The second-order valence-electron chi connectivity index (χ2n) is 12.8. The minimum absolute atomic E-state index is 0.181. The fourth-order valence-corrected chi connectivity index (χ4v) is 7.35. The molecule has 0 spiro atoms. The minimum atomic E-state index is 0.181. The van der Waals surface area contributed by atoms with Crippen molar-refractivity contribution in [1.29, 1.82) is 0 Å². The van der Waals surface area contributed by atoms with Crippen molar-refractivity contribution in [3.63, 3.8) is 0 Å². The van der Waals surface area contributed by atoms with Crippen molar-refractivity contribution in [3.05, 3.63) is 170 Å². The molecule has 0 aliphatic heterocycles. The number of furan rings is 1. The Bertz CT molecular complexity index is 2920. The number of aromatic nitrogens is 3. The lowest BCUT2D eigenvalue weighted by atomic mass is 9.94. The van der Waals surface area contributed by atoms with Crippen molar-refractivity contribution in [2.45, 2.75) is 0 Å². The number of rotatable bonds is 5. The maximum atomic E-state index is 11.0. The summed E-state index contributed by atoms with van der Waals surface area (Å²) in [5, 5.41) is 15.5. The van der Waals surface area contributed by atoms with E-state index in [-0.39, 0.29) is 5.75 Å². The minimum Gasteiger partial charge on any atom is -0.507 e. The molecule has 0 fully saturated rings. The Morgan fingerprint density at radius 2 is 1.25 bits per heavy atom. The van der Waals surface area contributed by atoms with E-state index >= 15 is 0 Å². The smallest absolute Gasteiger partial charge is 0.153 e. The van der Waals surface area contributed by atoms with Gasteiger partial charge in [0.1, 0.15) is 17.2 Å². The molecule has 0 radical (unpaired) electrons. The number of phenols is 1. The Balaban J connectivity index is 1.23. The number of para-hydroxylation sites is 3. The van der Waals surface area contributed by atoms with Gasteiger partial charge in [-0.3, -0.25) is 9.55 Å². The highest BCUT2D eigenvalue weighted by atomic mass is 16.3. The van der Waals surface area contributed by atoms with Crippen LogP contribution in [0.3, 0.4) is 0 Å². The van der Waals surface area contributed by atoms with E-state index in [0.29, 0.717) is 11.4 Å². The molecule has 0 bridgehead atoms. The molecule has 5 nitrogen and oxygen atoms in total. The third-order valence-corrected chi connectivity index (χ3v) is 9.74. The normalized spacial score (nSPS) is 11.6. The monoisotopic (exact) mass is 655 g/mol. The molecular weight excluding hydrogens is 627 g/mol. The van der Waals surface area contributed by atoms with E-state index in [1.54, 1.807) is 6.07 Å². The Hall–Kier alpha value is -6.98. The van der Waals surface area contributed by atoms with Gasteiger partial charge in [-0.05, 0) is 88.1 Å². The number of phenolic OH excluding ortho intramolecular Hbond substituents is 1. The lowest BCUT2D eigenvalue weighted by molar-refractivity contribution is 0.477. The summed E-state index contributed by atoms with van der Waals surface area (Å²) in [6.07, 6.45) is 1.84. The zero-order valence-electron chi connectivity index (χ0n) is 27.4. The Labute approximate surface area is 293 Å². The third-order valence-electron chi connectivity index (χ3n) is 9.74. The molecule has 10 aromatic rings. The first kappa shape index (κ1) is 29.0. The number of imidazole rings is 1. The van der Waals surface area contributed by atoms with Crippen LogP contribution in [0, 0.1) is 0 Å². The highest BCUT2D eigenvalue weighted by Crippen LogP contribution is 2.41. The first-order valence-electron chi connectivity index (χ1n) is 17.0. The molecule has 0 atom stereocenters. The predicted octanol–water partition coefficient (Wildman–Crippen LogP) is 11.8. The maximum absolute atomic E-state index is 11.0. The van der Waals surface area contributed by atoms with Crippen LogP contribution in [0.5, 0.6) is 5.75 Å². The van der Waals surface area contributed by atoms with E-state index in [9.17, 15) is 5.11 Å². The average Bonchev–Trinajstić information content (AvgIpc) is 3.77. The summed E-state index contributed by atoms with van der Waals surface area (Å²) in [7, 11) is 0. The first-order chi connectivity index (χ1) is 25.2. The number of pyridine rings is 1. The van der Waals surface area contributed by atoms with Crippen LogP contribution in [-0.2, 0) is 0 Å². The van der Waals surface area contributed by atoms with Crippen LogP contribution >= 0.6 is 0 Å². The van der Waals surface area contributed by atoms with Gasteiger partial charge in [0, 0.05) is 27.6 Å². The molecule has 5 heteroatoms. The topological polar surface area (TPSA) is 64.1 Å². The van der Waals surface area contributed by atoms with E-state index in [1.165, 1.54) is 5.39 Å². The van der Waals surface area contributed by atoms with Crippen molar-refractivity contribution in [2.75, 3.05) is 0 Å². The van der Waals surface area contributed by atoms with Crippen LogP contribution in [0.25, 0.3) is 94.3 Å². The summed E-state index contributed by atoms with van der Waals surface area (Å²) >= 11 is 0. The number of aromatic hydroxyl groups is 1. The molecule has 240 valence electrons. The summed E-state index contributed by atoms with van der Waals surface area (Å²) in [4.78, 5) is 10.2. The van der Waals surface area contributed by atoms with Gasteiger partial charge < -0.3 is 9.52 Å². The lowest BCUT2D eigenvalue weighted by Gasteiger charge is -2.12. The van der Waals surface area contributed by atoms with Crippen molar-refractivity contribution >= 4 is 43.7 Å². The van der Waals surface area contributed by atoms with Crippen molar-refractivity contribution in [3.8, 4) is 56.3 Å². The Morgan fingerprint density at radius 1 is 0.529 bits per heavy atom. The van der Waals surface area contributed by atoms with Crippen molar-refractivity contribution < 1.29 is 9.52 Å². The average molecular weight is 656 g/mol. The first-order valence-corrected chi connectivity index (χ1v) is 17.0. The number of nitrogens with zero attached hydrogens (tertiary/aromatic N) is 3. The predicted molar refractivity (Wildman–Crippen MR) is 207 cm³/mol. The van der Waals surface area contributed by atoms with E-state index in [1.807, 2.05) is 54.7 Å². The molecular formula is C46H29N3O2. The zero-order chi connectivity index (χ0) is 33.9. The molecule has 0 unspecified atom stereocenters. The molecule has 0 aliphatic rings. The fourth-order valence-electron chi connectivity index (χ4n) is 7.35. The largest absolute Gasteiger partial charge is 0.507 e. The molecule has 0 saturated heterocycles. The molecule has 51 heavy (non-hydrogen) atoms. The van der Waals surface area contributed by atoms with Gasteiger partial charge in [0.25, 0.3) is 0 Å². The summed E-state index contributed by atoms with van der Waals surface area (Å²) in [5.74, 6) is 0.855. The van der Waals surface area contributed by atoms with Gasteiger partial charge in [0.2, 0.25) is 0 Å². The number of hydrogen-bond donors (Lipinski definition) is 1. The van der Waals surface area contributed by atoms with Crippen LogP contribution < -0.4 is 0 Å². The second-order valence-corrected chi connectivity index (χ2v) is 12.8. The van der Waals surface area contributed by atoms with Crippen molar-refractivity contribution in [1.82, 2.24) is 14.5 Å². The van der Waals surface area contributed by atoms with E-state index in [2.05, 4.69) is 114 Å². The summed E-state index contributed by atoms with van der Waals surface area (Å²) in [6.45, 7) is 0. The van der Waals surface area contributed by atoms with Gasteiger partial charge in [-0.15, -0.1) is 0 Å². The summed E-state index contributed by atoms with van der Waals surface area (Å²) < 4.78 is 8.41. The summed E-state index contributed by atoms with van der Waals surface area (Å²) in [6, 6.07) is 55.7. The highest BCUT2D eigenvalue weighted by Gasteiger charge is 2.21. The van der Waals surface area contributed by atoms with Gasteiger partial charge in [-0.25, -0.2) is 4.98 Å². The number of hydrogen-bond acceptors (Lipinski definition) is 4. The van der Waals surface area contributed by atoms with Crippen LogP contribution in [0.15, 0.2) is 174 Å². The fraction of sp³-hybridized carbons (Fsp3) is 0. The Morgan fingerprint density at radius 3 is 2.12 bits per heavy atom. The van der Waals surface area contributed by atoms with E-state index < -0.39 is 0 Å². The van der Waals surface area contributed by atoms with Gasteiger partial charge in [0.15, 0.2) is 5.58 Å². The number of fused-ring (bicyclic) bond motifs is 6. The van der Waals surface area contributed by atoms with Crippen LogP contribution in [0.1, 0.15) is 0 Å². The van der Waals surface area contributed by atoms with Gasteiger partial charge in [-0.1, -0.05) is 103 Å². The maximum Gasteiger partial charge on any atom is 0.153 e. The molecule has 10 rings (SSSR count). The summed E-state index contributed by atoms with van der Waals surface area (Å²) in [5.41, 5.74) is 11.1. The molecule has 7 aromatic carbocycles. The van der Waals surface area contributed by atoms with Gasteiger partial charge in [0.05, 0.1) is 28.5 Å². The number of benzene rings is 7. The van der Waals surface area contributed by atoms with E-state index in [0.717, 1.165) is 77.6 Å². The molecule has 0 aliphatic carbocycles. The van der Waals surface area contributed by atoms with Crippen LogP contribution in [0.2, 0.25) is 0 Å². The standard InChI is InChI=1S/C46H29N3O2/c50-41-21-10-9-18-37(41)46-48-45-36(19-11-20-40(45)49(46)34-15-5-2-6-16-34)32-24-31(29-12-3-1-4-13-29)25-33(26-32)39-27-38-43(28-47-39)51-42-23-22-30-14-7-8-17-35(30)44(38)42/h1-28,50H. The molecule has 1 N–H and O–H groups in total. The van der Waals surface area contributed by atoms with Gasteiger partial charge in [-0.2, -0.15) is 0 Å². The van der Waals surface area contributed by atoms with Crippen molar-refractivity contribution in [2.24, 2.45) is 0 Å². The molecule has 3 heterocycles. The molecule has 0 amide bonds. The van der Waals surface area contributed by atoms with Crippen LogP contribution in [0.4, 0.5) is 0 Å². The lowest BCUT2D eigenvalue weighted by Crippen LogP contribution is -1.97. The Kier molecular flexibility index (Phi) is 6.58. The highest BCUT2D eigenvalue weighted by molar-refractivity contribution is 6.19. The second kappa shape index (κ2) is 11.6. The third kappa shape index (κ3) is 4.78. The molecule has 3 aromatic heterocycles. The SMILES string of the molecule is Oc1ccccc1-c1nc2c(-c3cc(-c4ccccc4)cc(-c4cc5c(cn4)oc4ccc6ccccc6c45)c3)cccc2n1-c1ccccc1. The van der Waals surface area contributed by atoms with E-state index in [4.69, 9.17) is 14.4 Å². The van der Waals surface area contributed by atoms with Crippen LogP contribution in [-0.4, -0.2) is 19.6 Å². The quantitative estimate of drug-likeness (QED) is 0.200. The molecule has 0 saturated carbocycles. The zero-order valence-corrected chi connectivity index (χ0v) is 27.4.